The third-order valence-corrected chi connectivity index (χ3v) is 4.22. The molecular formula is C13H22N2O3. The molecule has 2 saturated heterocycles. The number of carbonyl (C=O) groups is 2. The van der Waals surface area contributed by atoms with Gasteiger partial charge in [-0.15, -0.1) is 0 Å². The fraction of sp³-hybridized carbons (Fsp3) is 0.846. The first-order chi connectivity index (χ1) is 8.64. The normalized spacial score (nSPS) is 27.4. The molecule has 1 atom stereocenters. The van der Waals surface area contributed by atoms with Crippen LogP contribution in [0.25, 0.3) is 0 Å². The number of hydrogen-bond acceptors (Lipinski definition) is 3. The van der Waals surface area contributed by atoms with Gasteiger partial charge in [-0.2, -0.15) is 0 Å². The van der Waals surface area contributed by atoms with E-state index >= 15 is 0 Å². The first kappa shape index (κ1) is 13.3. The van der Waals surface area contributed by atoms with E-state index in [2.05, 4.69) is 5.32 Å². The predicted molar refractivity (Wildman–Crippen MR) is 67.0 cm³/mol. The minimum Gasteiger partial charge on any atom is -0.376 e. The van der Waals surface area contributed by atoms with Crippen molar-refractivity contribution < 1.29 is 14.3 Å². The van der Waals surface area contributed by atoms with E-state index in [0.717, 1.165) is 19.4 Å². The van der Waals surface area contributed by atoms with Crippen molar-refractivity contribution in [1.29, 1.82) is 0 Å². The van der Waals surface area contributed by atoms with E-state index < -0.39 is 5.54 Å². The summed E-state index contributed by atoms with van der Waals surface area (Å²) in [7, 11) is 0. The lowest BCUT2D eigenvalue weighted by Gasteiger charge is -2.45. The van der Waals surface area contributed by atoms with E-state index in [-0.39, 0.29) is 24.5 Å². The Morgan fingerprint density at radius 2 is 2.11 bits per heavy atom. The van der Waals surface area contributed by atoms with E-state index in [0.29, 0.717) is 19.4 Å². The molecule has 2 rings (SSSR count). The highest BCUT2D eigenvalue weighted by atomic mass is 16.5. The second-order valence-corrected chi connectivity index (χ2v) is 5.06. The summed E-state index contributed by atoms with van der Waals surface area (Å²) < 4.78 is 5.60. The highest BCUT2D eigenvalue weighted by Crippen LogP contribution is 2.29. The zero-order valence-corrected chi connectivity index (χ0v) is 11.2. The predicted octanol–water partition coefficient (Wildman–Crippen LogP) is 0.683. The Balaban J connectivity index is 2.19. The molecule has 0 spiro atoms. The Kier molecular flexibility index (Phi) is 3.90. The van der Waals surface area contributed by atoms with Crippen LogP contribution in [0.3, 0.4) is 0 Å². The summed E-state index contributed by atoms with van der Waals surface area (Å²) in [5.74, 6) is -0.0149. The van der Waals surface area contributed by atoms with Crippen molar-refractivity contribution in [3.8, 4) is 0 Å². The van der Waals surface area contributed by atoms with Crippen LogP contribution in [-0.4, -0.2) is 48.1 Å². The molecule has 5 nitrogen and oxygen atoms in total. The number of piperazine rings is 1. The van der Waals surface area contributed by atoms with Crippen molar-refractivity contribution in [2.45, 2.75) is 51.2 Å². The first-order valence-electron chi connectivity index (χ1n) is 6.84. The highest BCUT2D eigenvalue weighted by Gasteiger charge is 2.47. The van der Waals surface area contributed by atoms with Crippen LogP contribution in [0, 0.1) is 0 Å². The van der Waals surface area contributed by atoms with Crippen LogP contribution in [0.1, 0.15) is 39.5 Å². The second kappa shape index (κ2) is 5.26. The number of amides is 2. The summed E-state index contributed by atoms with van der Waals surface area (Å²) in [6.07, 6.45) is 3.41. The Morgan fingerprint density at radius 1 is 1.39 bits per heavy atom. The topological polar surface area (TPSA) is 58.6 Å². The van der Waals surface area contributed by atoms with Gasteiger partial charge in [0.15, 0.2) is 0 Å². The zero-order valence-electron chi connectivity index (χ0n) is 11.2. The van der Waals surface area contributed by atoms with Crippen molar-refractivity contribution in [3.05, 3.63) is 0 Å². The highest BCUT2D eigenvalue weighted by molar-refractivity contribution is 5.97. The van der Waals surface area contributed by atoms with Crippen molar-refractivity contribution in [2.24, 2.45) is 0 Å². The van der Waals surface area contributed by atoms with Crippen LogP contribution in [0.2, 0.25) is 0 Å². The molecule has 2 aliphatic heterocycles. The molecule has 2 heterocycles. The smallest absolute Gasteiger partial charge is 0.246 e. The molecule has 5 heteroatoms. The van der Waals surface area contributed by atoms with Gasteiger partial charge in [0.2, 0.25) is 11.8 Å². The summed E-state index contributed by atoms with van der Waals surface area (Å²) in [6, 6.07) is 0. The van der Waals surface area contributed by atoms with Gasteiger partial charge in [0, 0.05) is 13.2 Å². The average Bonchev–Trinajstić information content (AvgIpc) is 2.88. The monoisotopic (exact) mass is 254 g/mol. The molecule has 1 N–H and O–H groups in total. The minimum atomic E-state index is -0.679. The quantitative estimate of drug-likeness (QED) is 0.802. The largest absolute Gasteiger partial charge is 0.376 e. The maximum absolute atomic E-state index is 12.2. The maximum atomic E-state index is 12.2. The summed E-state index contributed by atoms with van der Waals surface area (Å²) in [5, 5.41) is 2.71. The Bertz CT molecular complexity index is 333. The maximum Gasteiger partial charge on any atom is 0.246 e. The molecule has 0 bridgehead atoms. The van der Waals surface area contributed by atoms with Crippen molar-refractivity contribution in [3.63, 3.8) is 0 Å². The molecule has 1 unspecified atom stereocenters. The fourth-order valence-electron chi connectivity index (χ4n) is 3.00. The van der Waals surface area contributed by atoms with Gasteiger partial charge < -0.3 is 15.0 Å². The van der Waals surface area contributed by atoms with Gasteiger partial charge in [0.25, 0.3) is 0 Å². The molecule has 0 aromatic heterocycles. The number of ether oxygens (including phenoxy) is 1. The molecule has 18 heavy (non-hydrogen) atoms. The van der Waals surface area contributed by atoms with Gasteiger partial charge in [-0.1, -0.05) is 13.8 Å². The van der Waals surface area contributed by atoms with E-state index in [1.165, 1.54) is 0 Å². The first-order valence-corrected chi connectivity index (χ1v) is 6.84. The number of nitrogens with one attached hydrogen (secondary N) is 1. The van der Waals surface area contributed by atoms with Crippen molar-refractivity contribution >= 4 is 11.8 Å². The van der Waals surface area contributed by atoms with Crippen LogP contribution < -0.4 is 5.32 Å². The molecule has 2 amide bonds. The van der Waals surface area contributed by atoms with E-state index in [1.54, 1.807) is 4.90 Å². The molecule has 0 aliphatic carbocycles. The van der Waals surface area contributed by atoms with Crippen LogP contribution >= 0.6 is 0 Å². The van der Waals surface area contributed by atoms with Gasteiger partial charge in [-0.05, 0) is 25.7 Å². The molecular weight excluding hydrogens is 232 g/mol. The van der Waals surface area contributed by atoms with Crippen LogP contribution in [0.5, 0.6) is 0 Å². The summed E-state index contributed by atoms with van der Waals surface area (Å²) in [4.78, 5) is 26.0. The standard InChI is InChI=1S/C13H22N2O3/c1-3-13(4-2)12(17)14-8-11(16)15(13)9-10-6-5-7-18-10/h10H,3-9H2,1-2H3,(H,14,17). The van der Waals surface area contributed by atoms with Crippen LogP contribution in [0.15, 0.2) is 0 Å². The summed E-state index contributed by atoms with van der Waals surface area (Å²) in [5.41, 5.74) is -0.679. The van der Waals surface area contributed by atoms with Gasteiger partial charge in [0.05, 0.1) is 12.6 Å². The minimum absolute atomic E-state index is 0.00815. The molecule has 2 aliphatic rings. The van der Waals surface area contributed by atoms with Crippen molar-refractivity contribution in [2.75, 3.05) is 19.7 Å². The lowest BCUT2D eigenvalue weighted by atomic mass is 9.87. The Morgan fingerprint density at radius 3 is 2.67 bits per heavy atom. The van der Waals surface area contributed by atoms with Gasteiger partial charge in [-0.3, -0.25) is 9.59 Å². The number of carbonyl (C=O) groups excluding carboxylic acids is 2. The lowest BCUT2D eigenvalue weighted by molar-refractivity contribution is -0.156. The van der Waals surface area contributed by atoms with Gasteiger partial charge in [0.1, 0.15) is 5.54 Å². The van der Waals surface area contributed by atoms with E-state index in [4.69, 9.17) is 4.74 Å². The molecule has 0 radical (unpaired) electrons. The average molecular weight is 254 g/mol. The third kappa shape index (κ3) is 2.11. The molecule has 0 aromatic rings. The number of nitrogens with zero attached hydrogens (tertiary/aromatic N) is 1. The number of rotatable bonds is 4. The van der Waals surface area contributed by atoms with Gasteiger partial charge >= 0.3 is 0 Å². The van der Waals surface area contributed by atoms with Crippen LogP contribution in [0.4, 0.5) is 0 Å². The molecule has 0 aromatic carbocycles. The zero-order chi connectivity index (χ0) is 13.2. The van der Waals surface area contributed by atoms with Gasteiger partial charge in [-0.25, -0.2) is 0 Å². The van der Waals surface area contributed by atoms with Crippen LogP contribution in [-0.2, 0) is 14.3 Å². The summed E-state index contributed by atoms with van der Waals surface area (Å²) >= 11 is 0. The van der Waals surface area contributed by atoms with E-state index in [9.17, 15) is 9.59 Å². The third-order valence-electron chi connectivity index (χ3n) is 4.22. The molecule has 0 saturated carbocycles. The number of hydrogen-bond donors (Lipinski definition) is 1. The van der Waals surface area contributed by atoms with Crippen molar-refractivity contribution in [1.82, 2.24) is 10.2 Å². The lowest BCUT2D eigenvalue weighted by Crippen LogP contribution is -2.67. The Labute approximate surface area is 108 Å². The molecule has 102 valence electrons. The molecule has 2 fully saturated rings. The van der Waals surface area contributed by atoms with E-state index in [1.807, 2.05) is 13.8 Å². The Hall–Kier alpha value is -1.10. The summed E-state index contributed by atoms with van der Waals surface area (Å²) in [6.45, 7) is 5.36. The second-order valence-electron chi connectivity index (χ2n) is 5.06. The fourth-order valence-corrected chi connectivity index (χ4v) is 3.00. The SMILES string of the molecule is CCC1(CC)C(=O)NCC(=O)N1CC1CCCO1.